The molecule has 0 aliphatic heterocycles. The Morgan fingerprint density at radius 1 is 0.867 bits per heavy atom. The Morgan fingerprint density at radius 3 is 2.03 bits per heavy atom. The number of hydrogen-bond acceptors (Lipinski definition) is 2. The van der Waals surface area contributed by atoms with Gasteiger partial charge in [-0.3, -0.25) is 4.98 Å². The first kappa shape index (κ1) is 21.9. The van der Waals surface area contributed by atoms with Gasteiger partial charge in [0.05, 0.1) is 6.61 Å². The van der Waals surface area contributed by atoms with Crippen LogP contribution in [0.1, 0.15) is 67.6 Å². The van der Waals surface area contributed by atoms with Gasteiger partial charge in [0.2, 0.25) is 0 Å². The number of benzene rings is 2. The minimum absolute atomic E-state index is 0.0962. The zero-order chi connectivity index (χ0) is 21.7. The number of rotatable bonds is 7. The van der Waals surface area contributed by atoms with Crippen LogP contribution in [0.4, 0.5) is 4.39 Å². The fourth-order valence-corrected chi connectivity index (χ4v) is 3.87. The number of pyridine rings is 1. The molecule has 30 heavy (non-hydrogen) atoms. The molecule has 0 saturated heterocycles. The average Bonchev–Trinajstić information content (AvgIpc) is 2.74. The van der Waals surface area contributed by atoms with E-state index in [0.29, 0.717) is 6.42 Å². The predicted octanol–water partition coefficient (Wildman–Crippen LogP) is 6.88. The molecule has 3 heteroatoms. The van der Waals surface area contributed by atoms with Gasteiger partial charge in [0.15, 0.2) is 0 Å². The van der Waals surface area contributed by atoms with E-state index >= 15 is 0 Å². The molecule has 0 aliphatic rings. The molecule has 0 aliphatic carbocycles. The Balaban J connectivity index is 2.21. The number of aliphatic hydroxyl groups is 1. The minimum atomic E-state index is -0.267. The van der Waals surface area contributed by atoms with E-state index < -0.39 is 0 Å². The third-order valence-electron chi connectivity index (χ3n) is 5.28. The quantitative estimate of drug-likeness (QED) is 0.466. The predicted molar refractivity (Wildman–Crippen MR) is 123 cm³/mol. The maximum absolute atomic E-state index is 13.6. The molecule has 0 atom stereocenters. The highest BCUT2D eigenvalue weighted by Gasteiger charge is 2.22. The molecule has 0 fully saturated rings. The van der Waals surface area contributed by atoms with Crippen molar-refractivity contribution in [3.63, 3.8) is 0 Å². The van der Waals surface area contributed by atoms with Gasteiger partial charge >= 0.3 is 0 Å². The topological polar surface area (TPSA) is 33.1 Å². The summed E-state index contributed by atoms with van der Waals surface area (Å²) in [5.41, 5.74) is 6.92. The molecule has 1 heterocycles. The summed E-state index contributed by atoms with van der Waals surface area (Å²) in [7, 11) is 0. The van der Waals surface area contributed by atoms with Gasteiger partial charge in [-0.2, -0.15) is 0 Å². The van der Waals surface area contributed by atoms with Gasteiger partial charge in [-0.1, -0.05) is 82.3 Å². The van der Waals surface area contributed by atoms with Gasteiger partial charge in [0.25, 0.3) is 0 Å². The van der Waals surface area contributed by atoms with Crippen LogP contribution in [0, 0.1) is 5.82 Å². The van der Waals surface area contributed by atoms with E-state index in [1.807, 2.05) is 18.2 Å². The van der Waals surface area contributed by atoms with E-state index in [1.165, 1.54) is 12.1 Å². The summed E-state index contributed by atoms with van der Waals surface area (Å²) in [5, 5.41) is 10.3. The molecule has 3 aromatic rings. The maximum atomic E-state index is 13.6. The zero-order valence-corrected chi connectivity index (χ0v) is 18.2. The molecule has 0 saturated carbocycles. The second kappa shape index (κ2) is 9.82. The smallest absolute Gasteiger partial charge is 0.123 e. The van der Waals surface area contributed by atoms with Crippen molar-refractivity contribution >= 4 is 6.08 Å². The molecule has 156 valence electrons. The van der Waals surface area contributed by atoms with Crippen LogP contribution in [0.2, 0.25) is 0 Å². The van der Waals surface area contributed by atoms with Gasteiger partial charge in [0, 0.05) is 17.0 Å². The third-order valence-corrected chi connectivity index (χ3v) is 5.28. The molecule has 0 radical (unpaired) electrons. The van der Waals surface area contributed by atoms with Gasteiger partial charge < -0.3 is 5.11 Å². The number of aliphatic hydroxyl groups excluding tert-OH is 1. The number of halogens is 1. The van der Waals surface area contributed by atoms with Crippen LogP contribution >= 0.6 is 0 Å². The lowest BCUT2D eigenvalue weighted by molar-refractivity contribution is 0.279. The van der Waals surface area contributed by atoms with Crippen molar-refractivity contribution in [2.75, 3.05) is 0 Å². The molecule has 2 nitrogen and oxygen atoms in total. The van der Waals surface area contributed by atoms with E-state index in [4.69, 9.17) is 4.98 Å². The van der Waals surface area contributed by atoms with E-state index in [1.54, 1.807) is 12.1 Å². The fraction of sp³-hybridized carbons (Fsp3) is 0.296. The number of aromatic nitrogens is 1. The summed E-state index contributed by atoms with van der Waals surface area (Å²) in [5.74, 6) is 0.143. The number of hydrogen-bond donors (Lipinski definition) is 1. The van der Waals surface area contributed by atoms with Crippen LogP contribution < -0.4 is 0 Å². The van der Waals surface area contributed by atoms with Crippen molar-refractivity contribution in [2.24, 2.45) is 0 Å². The lowest BCUT2D eigenvalue weighted by Gasteiger charge is -2.23. The largest absolute Gasteiger partial charge is 0.392 e. The van der Waals surface area contributed by atoms with Crippen molar-refractivity contribution in [3.05, 3.63) is 94.6 Å². The normalized spacial score (nSPS) is 11.7. The van der Waals surface area contributed by atoms with Crippen LogP contribution in [0.25, 0.3) is 17.2 Å². The molecule has 1 N–H and O–H groups in total. The summed E-state index contributed by atoms with van der Waals surface area (Å²) in [4.78, 5) is 5.00. The zero-order valence-electron chi connectivity index (χ0n) is 18.2. The van der Waals surface area contributed by atoms with Crippen molar-refractivity contribution in [2.45, 2.75) is 52.6 Å². The first-order chi connectivity index (χ1) is 14.4. The van der Waals surface area contributed by atoms with Crippen molar-refractivity contribution < 1.29 is 9.50 Å². The molecule has 1 aromatic heterocycles. The van der Waals surface area contributed by atoms with Gasteiger partial charge in [-0.15, -0.1) is 0 Å². The van der Waals surface area contributed by atoms with Crippen LogP contribution in [-0.2, 0) is 13.0 Å². The van der Waals surface area contributed by atoms with Crippen LogP contribution in [0.3, 0.4) is 0 Å². The third kappa shape index (κ3) is 4.85. The van der Waals surface area contributed by atoms with E-state index in [-0.39, 0.29) is 24.3 Å². The molecule has 0 unspecified atom stereocenters. The minimum Gasteiger partial charge on any atom is -0.392 e. The number of allylic oxidation sites excluding steroid dienone is 1. The molecule has 3 rings (SSSR count). The molecular weight excluding hydrogens is 373 g/mol. The van der Waals surface area contributed by atoms with Crippen molar-refractivity contribution in [1.29, 1.82) is 0 Å². The Morgan fingerprint density at radius 2 is 1.47 bits per heavy atom. The first-order valence-corrected chi connectivity index (χ1v) is 10.6. The molecule has 0 spiro atoms. The Hall–Kier alpha value is -2.78. The number of nitrogens with zero attached hydrogens (tertiary/aromatic N) is 1. The van der Waals surface area contributed by atoms with Crippen LogP contribution in [0.15, 0.2) is 60.7 Å². The monoisotopic (exact) mass is 403 g/mol. The molecule has 2 aromatic carbocycles. The van der Waals surface area contributed by atoms with Crippen LogP contribution in [0.5, 0.6) is 0 Å². The second-order valence-electron chi connectivity index (χ2n) is 8.21. The second-order valence-corrected chi connectivity index (χ2v) is 8.21. The highest BCUT2D eigenvalue weighted by atomic mass is 19.1. The van der Waals surface area contributed by atoms with Crippen molar-refractivity contribution in [3.8, 4) is 11.1 Å². The standard InChI is InChI=1S/C27H30FNO/c1-18(2)26-23(12-8-11-20-9-6-5-7-10-20)25(21-13-15-22(28)16-14-21)24(17-30)27(29-26)19(3)4/h5-11,13-16,18-19,30H,12,17H2,1-4H3/b11-8+. The SMILES string of the molecule is CC(C)c1nc(C(C)C)c(C/C=C/c2ccccc2)c(-c2ccc(F)cc2)c1CO. The first-order valence-electron chi connectivity index (χ1n) is 10.6. The Bertz CT molecular complexity index is 1010. The average molecular weight is 404 g/mol. The van der Waals surface area contributed by atoms with Crippen molar-refractivity contribution in [1.82, 2.24) is 4.98 Å². The summed E-state index contributed by atoms with van der Waals surface area (Å²) >= 11 is 0. The van der Waals surface area contributed by atoms with E-state index in [0.717, 1.165) is 39.2 Å². The highest BCUT2D eigenvalue weighted by molar-refractivity contribution is 5.73. The van der Waals surface area contributed by atoms with Crippen LogP contribution in [-0.4, -0.2) is 10.1 Å². The molecule has 0 bridgehead atoms. The van der Waals surface area contributed by atoms with Gasteiger partial charge in [-0.25, -0.2) is 4.39 Å². The molecular formula is C27H30FNO. The lowest BCUT2D eigenvalue weighted by Crippen LogP contribution is -2.12. The summed E-state index contributed by atoms with van der Waals surface area (Å²) in [6.07, 6.45) is 4.93. The Kier molecular flexibility index (Phi) is 7.17. The van der Waals surface area contributed by atoms with Gasteiger partial charge in [0.1, 0.15) is 5.82 Å². The van der Waals surface area contributed by atoms with E-state index in [9.17, 15) is 9.50 Å². The summed E-state index contributed by atoms with van der Waals surface area (Å²) < 4.78 is 13.6. The van der Waals surface area contributed by atoms with Gasteiger partial charge in [-0.05, 0) is 52.6 Å². The fourth-order valence-electron chi connectivity index (χ4n) is 3.87. The lowest BCUT2D eigenvalue weighted by atomic mass is 9.86. The highest BCUT2D eigenvalue weighted by Crippen LogP contribution is 2.37. The van der Waals surface area contributed by atoms with E-state index in [2.05, 4.69) is 52.0 Å². The Labute approximate surface area is 179 Å². The summed E-state index contributed by atoms with van der Waals surface area (Å²) in [6, 6.07) is 16.7. The molecule has 0 amide bonds. The summed E-state index contributed by atoms with van der Waals surface area (Å²) in [6.45, 7) is 8.37. The maximum Gasteiger partial charge on any atom is 0.123 e.